The molecule has 1 aliphatic heterocycles. The van der Waals surface area contributed by atoms with Crippen molar-refractivity contribution in [3.05, 3.63) is 72.3 Å². The van der Waals surface area contributed by atoms with Gasteiger partial charge in [0.25, 0.3) is 0 Å². The number of benzene rings is 3. The molecule has 3 aromatic carbocycles. The lowest BCUT2D eigenvalue weighted by atomic mass is 9.98. The van der Waals surface area contributed by atoms with Crippen molar-refractivity contribution in [1.82, 2.24) is 4.72 Å². The zero-order valence-corrected chi connectivity index (χ0v) is 24.6. The normalized spacial score (nSPS) is 22.6. The van der Waals surface area contributed by atoms with Crippen LogP contribution in [0.25, 0.3) is 10.8 Å². The summed E-state index contributed by atoms with van der Waals surface area (Å²) in [6.07, 6.45) is -3.66. The number of fused-ring (bicyclic) bond motifs is 1. The predicted octanol–water partition coefficient (Wildman–Crippen LogP) is 3.74. The zero-order valence-electron chi connectivity index (χ0n) is 22.9. The van der Waals surface area contributed by atoms with Crippen molar-refractivity contribution in [2.24, 2.45) is 0 Å². The second-order valence-corrected chi connectivity index (χ2v) is 12.5. The highest BCUT2D eigenvalue weighted by Crippen LogP contribution is 2.37. The van der Waals surface area contributed by atoms with Crippen molar-refractivity contribution in [3.63, 3.8) is 0 Å². The van der Waals surface area contributed by atoms with Crippen LogP contribution >= 0.6 is 11.8 Å². The van der Waals surface area contributed by atoms with Crippen LogP contribution < -0.4 is 4.72 Å². The molecule has 0 aliphatic carbocycles. The molecule has 0 radical (unpaired) electrons. The zero-order chi connectivity index (χ0) is 29.7. The van der Waals surface area contributed by atoms with Gasteiger partial charge in [-0.25, -0.2) is 13.1 Å². The number of carbonyl (C=O) groups is 3. The second kappa shape index (κ2) is 13.0. The van der Waals surface area contributed by atoms with Crippen molar-refractivity contribution < 1.29 is 41.7 Å². The molecule has 0 aromatic heterocycles. The van der Waals surface area contributed by atoms with Gasteiger partial charge in [-0.2, -0.15) is 0 Å². The fraction of sp³-hybridized carbons (Fsp3) is 0.345. The number of rotatable bonds is 9. The van der Waals surface area contributed by atoms with Crippen LogP contribution in [0.3, 0.4) is 0 Å². The molecule has 218 valence electrons. The van der Waals surface area contributed by atoms with Gasteiger partial charge in [0.15, 0.2) is 12.2 Å². The number of thioether (sulfide) groups is 1. The molecule has 1 heterocycles. The van der Waals surface area contributed by atoms with Crippen molar-refractivity contribution >= 4 is 50.5 Å². The molecule has 1 aliphatic rings. The first-order valence-electron chi connectivity index (χ1n) is 12.8. The van der Waals surface area contributed by atoms with Gasteiger partial charge in [-0.15, -0.1) is 0 Å². The number of aryl methyl sites for hydroxylation is 1. The summed E-state index contributed by atoms with van der Waals surface area (Å²) in [6.45, 7) is 5.15. The highest BCUT2D eigenvalue weighted by molar-refractivity contribution is 8.00. The van der Waals surface area contributed by atoms with E-state index in [0.29, 0.717) is 0 Å². The lowest BCUT2D eigenvalue weighted by Gasteiger charge is -2.45. The van der Waals surface area contributed by atoms with Gasteiger partial charge in [0.05, 0.1) is 10.9 Å². The van der Waals surface area contributed by atoms with Gasteiger partial charge in [-0.1, -0.05) is 59.8 Å². The largest absolute Gasteiger partial charge is 0.463 e. The Morgan fingerprint density at radius 3 is 2.12 bits per heavy atom. The van der Waals surface area contributed by atoms with Crippen LogP contribution in [0.4, 0.5) is 0 Å². The Labute approximate surface area is 242 Å². The average molecular weight is 602 g/mol. The molecule has 41 heavy (non-hydrogen) atoms. The van der Waals surface area contributed by atoms with E-state index in [2.05, 4.69) is 4.72 Å². The van der Waals surface area contributed by atoms with E-state index in [1.165, 1.54) is 37.7 Å². The fourth-order valence-corrected chi connectivity index (χ4v) is 6.96. The van der Waals surface area contributed by atoms with Crippen LogP contribution in [0.1, 0.15) is 26.3 Å². The molecule has 1 fully saturated rings. The number of hydrogen-bond donors (Lipinski definition) is 1. The maximum absolute atomic E-state index is 13.7. The van der Waals surface area contributed by atoms with E-state index >= 15 is 0 Å². The summed E-state index contributed by atoms with van der Waals surface area (Å²) >= 11 is 1.19. The van der Waals surface area contributed by atoms with Crippen LogP contribution in [-0.4, -0.2) is 62.7 Å². The number of hydrogen-bond acceptors (Lipinski definition) is 10. The Balaban J connectivity index is 1.77. The van der Waals surface area contributed by atoms with Crippen molar-refractivity contribution in [2.45, 2.75) is 67.3 Å². The topological polar surface area (TPSA) is 134 Å². The van der Waals surface area contributed by atoms with E-state index in [9.17, 15) is 22.8 Å². The van der Waals surface area contributed by atoms with Gasteiger partial charge < -0.3 is 18.9 Å². The molecule has 0 bridgehead atoms. The lowest BCUT2D eigenvalue weighted by molar-refractivity contribution is -0.210. The molecular formula is C29H31NO9S2. The number of ether oxygens (including phenoxy) is 4. The first-order chi connectivity index (χ1) is 19.4. The Morgan fingerprint density at radius 2 is 1.49 bits per heavy atom. The lowest BCUT2D eigenvalue weighted by Crippen LogP contribution is -2.65. The van der Waals surface area contributed by atoms with Crippen LogP contribution in [0.2, 0.25) is 0 Å². The SMILES string of the molecule is CC(=O)OC[C@H]1O[C@@H](Sc2ccc(C)cc2)[C@H](NS(=O)(=O)c2ccc3ccccc3c2)[C@@H](OC(C)=O)[C@@H]1OC(C)=O. The van der Waals surface area contributed by atoms with Gasteiger partial charge >= 0.3 is 17.9 Å². The monoisotopic (exact) mass is 601 g/mol. The van der Waals surface area contributed by atoms with Gasteiger partial charge in [0.1, 0.15) is 18.1 Å². The molecule has 3 aromatic rings. The van der Waals surface area contributed by atoms with Crippen LogP contribution in [0.5, 0.6) is 0 Å². The smallest absolute Gasteiger partial charge is 0.303 e. The maximum atomic E-state index is 13.7. The molecule has 0 saturated carbocycles. The summed E-state index contributed by atoms with van der Waals surface area (Å²) in [5.74, 6) is -2.04. The summed E-state index contributed by atoms with van der Waals surface area (Å²) in [4.78, 5) is 36.7. The average Bonchev–Trinajstić information content (AvgIpc) is 2.91. The number of sulfonamides is 1. The molecule has 0 spiro atoms. The molecule has 0 unspecified atom stereocenters. The summed E-state index contributed by atoms with van der Waals surface area (Å²) in [5.41, 5.74) is 0.0394. The summed E-state index contributed by atoms with van der Waals surface area (Å²) < 4.78 is 52.7. The summed E-state index contributed by atoms with van der Waals surface area (Å²) in [5, 5.41) is 1.58. The Morgan fingerprint density at radius 1 is 0.854 bits per heavy atom. The van der Waals surface area contributed by atoms with Crippen molar-refractivity contribution in [3.8, 4) is 0 Å². The highest BCUT2D eigenvalue weighted by atomic mass is 32.2. The molecule has 1 saturated heterocycles. The second-order valence-electron chi connectivity index (χ2n) is 9.58. The number of carbonyl (C=O) groups excluding carboxylic acids is 3. The molecule has 0 amide bonds. The fourth-order valence-electron chi connectivity index (χ4n) is 4.46. The van der Waals surface area contributed by atoms with E-state index in [4.69, 9.17) is 18.9 Å². The quantitative estimate of drug-likeness (QED) is 0.286. The van der Waals surface area contributed by atoms with E-state index in [0.717, 1.165) is 28.2 Å². The van der Waals surface area contributed by atoms with Crippen LogP contribution in [-0.2, 0) is 43.4 Å². The highest BCUT2D eigenvalue weighted by Gasteiger charge is 2.52. The third kappa shape index (κ3) is 7.85. The predicted molar refractivity (Wildman–Crippen MR) is 151 cm³/mol. The standard InChI is InChI=1S/C29H31NO9S2/c1-17-9-12-23(13-10-17)40-29-26(30-41(34,35)24-14-11-21-7-5-6-8-22(21)15-24)28(38-20(4)33)27(37-19(3)32)25(39-29)16-36-18(2)31/h5-15,25-30H,16H2,1-4H3/t25-,26-,27-,28-,29+/m1/s1. The van der Waals surface area contributed by atoms with Crippen LogP contribution in [0, 0.1) is 6.92 Å². The van der Waals surface area contributed by atoms with Crippen molar-refractivity contribution in [1.29, 1.82) is 0 Å². The third-order valence-corrected chi connectivity index (χ3v) is 8.93. The van der Waals surface area contributed by atoms with Gasteiger partial charge in [-0.3, -0.25) is 14.4 Å². The molecule has 10 nitrogen and oxygen atoms in total. The molecule has 4 rings (SSSR count). The minimum Gasteiger partial charge on any atom is -0.463 e. The van der Waals surface area contributed by atoms with Crippen molar-refractivity contribution in [2.75, 3.05) is 6.61 Å². The Bertz CT molecular complexity index is 1520. The van der Waals surface area contributed by atoms with E-state index in [1.54, 1.807) is 18.2 Å². The van der Waals surface area contributed by atoms with Gasteiger partial charge in [0.2, 0.25) is 10.0 Å². The Hall–Kier alpha value is -3.45. The molecule has 1 N–H and O–H groups in total. The van der Waals surface area contributed by atoms with E-state index in [1.807, 2.05) is 43.3 Å². The van der Waals surface area contributed by atoms with E-state index < -0.39 is 57.7 Å². The molecule has 12 heteroatoms. The summed E-state index contributed by atoms with van der Waals surface area (Å²) in [6, 6.07) is 18.3. The van der Waals surface area contributed by atoms with E-state index in [-0.39, 0.29) is 11.5 Å². The first kappa shape index (κ1) is 30.5. The Kier molecular flexibility index (Phi) is 9.69. The minimum atomic E-state index is -4.21. The maximum Gasteiger partial charge on any atom is 0.303 e. The van der Waals surface area contributed by atoms with Crippen LogP contribution in [0.15, 0.2) is 76.5 Å². The first-order valence-corrected chi connectivity index (χ1v) is 15.2. The molecular weight excluding hydrogens is 570 g/mol. The van der Waals surface area contributed by atoms with Gasteiger partial charge in [-0.05, 0) is 42.0 Å². The molecule has 5 atom stereocenters. The summed E-state index contributed by atoms with van der Waals surface area (Å²) in [7, 11) is -4.21. The third-order valence-electron chi connectivity index (χ3n) is 6.30. The number of nitrogens with one attached hydrogen (secondary N) is 1. The minimum absolute atomic E-state index is 0.0112. The van der Waals surface area contributed by atoms with Gasteiger partial charge in [0, 0.05) is 25.7 Å². The number of esters is 3.